The molecule has 0 heterocycles. The van der Waals surface area contributed by atoms with E-state index < -0.39 is 21.5 Å². The average Bonchev–Trinajstić information content (AvgIpc) is 2.33. The van der Waals surface area contributed by atoms with Gasteiger partial charge in [-0.2, -0.15) is 9.98 Å². The predicted octanol–water partition coefficient (Wildman–Crippen LogP) is 0.551. The number of methoxy groups -OCH3 is 1. The minimum atomic E-state index is -3.65. The molecule has 0 unspecified atom stereocenters. The molecule has 0 rings (SSSR count). The van der Waals surface area contributed by atoms with Crippen molar-refractivity contribution in [2.24, 2.45) is 0 Å². The van der Waals surface area contributed by atoms with Crippen LogP contribution in [0.4, 0.5) is 0 Å². The third-order valence-corrected chi connectivity index (χ3v) is 4.02. The largest absolute Gasteiger partial charge is 0.469 e. The fraction of sp³-hybridized carbons (Fsp3) is 0.800. The first-order valence-electron chi connectivity index (χ1n) is 5.34. The van der Waals surface area contributed by atoms with Gasteiger partial charge in [-0.3, -0.25) is 4.79 Å². The lowest BCUT2D eigenvalue weighted by atomic mass is 9.97. The molecule has 0 aromatic carbocycles. The first-order chi connectivity index (χ1) is 7.84. The molecule has 0 radical (unpaired) electrons. The first-order valence-corrected chi connectivity index (χ1v) is 6.99. The number of hydrogen-bond acceptors (Lipinski definition) is 5. The van der Waals surface area contributed by atoms with Crippen molar-refractivity contribution in [3.05, 3.63) is 0 Å². The van der Waals surface area contributed by atoms with Crippen LogP contribution in [-0.4, -0.2) is 32.8 Å². The first kappa shape index (κ1) is 15.9. The number of nitrogens with one attached hydrogen (secondary N) is 1. The van der Waals surface area contributed by atoms with E-state index in [4.69, 9.17) is 5.26 Å². The van der Waals surface area contributed by atoms with E-state index in [1.165, 1.54) is 7.11 Å². The van der Waals surface area contributed by atoms with E-state index in [0.717, 1.165) is 0 Å². The van der Waals surface area contributed by atoms with E-state index in [1.807, 2.05) is 6.07 Å². The summed E-state index contributed by atoms with van der Waals surface area (Å²) in [6.07, 6.45) is 0.523. The maximum atomic E-state index is 11.7. The third kappa shape index (κ3) is 5.15. The molecule has 7 heteroatoms. The Kier molecular flexibility index (Phi) is 6.13. The molecule has 0 atom stereocenters. The van der Waals surface area contributed by atoms with E-state index >= 15 is 0 Å². The highest BCUT2D eigenvalue weighted by molar-refractivity contribution is 7.89. The summed E-state index contributed by atoms with van der Waals surface area (Å²) in [5.74, 6) is -0.964. The van der Waals surface area contributed by atoms with Crippen LogP contribution < -0.4 is 4.72 Å². The van der Waals surface area contributed by atoms with Gasteiger partial charge in [-0.05, 0) is 12.8 Å². The van der Waals surface area contributed by atoms with E-state index in [-0.39, 0.29) is 12.2 Å². The van der Waals surface area contributed by atoms with Crippen molar-refractivity contribution in [3.8, 4) is 6.07 Å². The molecule has 0 saturated carbocycles. The molecule has 17 heavy (non-hydrogen) atoms. The number of nitrogens with zero attached hydrogens (tertiary/aromatic N) is 1. The van der Waals surface area contributed by atoms with Crippen LogP contribution in [0.2, 0.25) is 0 Å². The zero-order chi connectivity index (χ0) is 13.5. The van der Waals surface area contributed by atoms with Gasteiger partial charge in [0.2, 0.25) is 10.0 Å². The van der Waals surface area contributed by atoms with Crippen LogP contribution in [0.15, 0.2) is 0 Å². The van der Waals surface area contributed by atoms with Gasteiger partial charge in [-0.25, -0.2) is 8.42 Å². The highest BCUT2D eigenvalue weighted by Gasteiger charge is 2.31. The van der Waals surface area contributed by atoms with Crippen molar-refractivity contribution in [2.45, 2.75) is 38.6 Å². The maximum Gasteiger partial charge on any atom is 0.306 e. The van der Waals surface area contributed by atoms with Crippen molar-refractivity contribution >= 4 is 16.0 Å². The second-order valence-corrected chi connectivity index (χ2v) is 5.49. The Hall–Kier alpha value is -1.13. The molecule has 0 fully saturated rings. The van der Waals surface area contributed by atoms with E-state index in [9.17, 15) is 13.2 Å². The Balaban J connectivity index is 4.65. The summed E-state index contributed by atoms with van der Waals surface area (Å²) in [6, 6.07) is 1.97. The summed E-state index contributed by atoms with van der Waals surface area (Å²) >= 11 is 0. The summed E-state index contributed by atoms with van der Waals surface area (Å²) in [4.78, 5) is 10.9. The number of esters is 1. The molecule has 98 valence electrons. The van der Waals surface area contributed by atoms with E-state index in [1.54, 1.807) is 13.8 Å². The smallest absolute Gasteiger partial charge is 0.306 e. The summed E-state index contributed by atoms with van der Waals surface area (Å²) in [5.41, 5.74) is -1.09. The van der Waals surface area contributed by atoms with E-state index in [0.29, 0.717) is 12.8 Å². The van der Waals surface area contributed by atoms with Crippen LogP contribution in [0.25, 0.3) is 0 Å². The fourth-order valence-corrected chi connectivity index (χ4v) is 2.71. The second-order valence-electron chi connectivity index (χ2n) is 3.65. The van der Waals surface area contributed by atoms with Crippen molar-refractivity contribution in [3.63, 3.8) is 0 Å². The van der Waals surface area contributed by atoms with Crippen molar-refractivity contribution in [1.82, 2.24) is 4.72 Å². The van der Waals surface area contributed by atoms with Gasteiger partial charge in [-0.15, -0.1) is 0 Å². The second kappa shape index (κ2) is 6.57. The van der Waals surface area contributed by atoms with Crippen LogP contribution in [-0.2, 0) is 19.6 Å². The molecule has 0 bridgehead atoms. The van der Waals surface area contributed by atoms with Gasteiger partial charge in [0.05, 0.1) is 25.4 Å². The van der Waals surface area contributed by atoms with Gasteiger partial charge in [0, 0.05) is 0 Å². The molecular weight excluding hydrogens is 244 g/mol. The van der Waals surface area contributed by atoms with Crippen LogP contribution in [0.3, 0.4) is 0 Å². The number of rotatable bonds is 7. The Labute approximate surface area is 102 Å². The molecule has 0 amide bonds. The monoisotopic (exact) mass is 262 g/mol. The molecule has 1 N–H and O–H groups in total. The topological polar surface area (TPSA) is 96.3 Å². The summed E-state index contributed by atoms with van der Waals surface area (Å²) in [7, 11) is -2.46. The molecule has 0 aromatic heterocycles. The Morgan fingerprint density at radius 1 is 1.41 bits per heavy atom. The maximum absolute atomic E-state index is 11.7. The van der Waals surface area contributed by atoms with Crippen LogP contribution in [0.5, 0.6) is 0 Å². The normalized spacial score (nSPS) is 11.9. The molecule has 0 aliphatic carbocycles. The lowest BCUT2D eigenvalue weighted by molar-refractivity contribution is -0.140. The molecule has 0 spiro atoms. The van der Waals surface area contributed by atoms with Gasteiger partial charge in [0.1, 0.15) is 5.54 Å². The average molecular weight is 262 g/mol. The van der Waals surface area contributed by atoms with Gasteiger partial charge < -0.3 is 4.74 Å². The number of nitriles is 1. The summed E-state index contributed by atoms with van der Waals surface area (Å²) in [5, 5.41) is 8.99. The lowest BCUT2D eigenvalue weighted by Gasteiger charge is -2.24. The van der Waals surface area contributed by atoms with Crippen LogP contribution in [0, 0.1) is 11.3 Å². The Morgan fingerprint density at radius 2 is 1.94 bits per heavy atom. The van der Waals surface area contributed by atoms with Crippen LogP contribution >= 0.6 is 0 Å². The zero-order valence-corrected chi connectivity index (χ0v) is 11.1. The quantitative estimate of drug-likeness (QED) is 0.676. The lowest BCUT2D eigenvalue weighted by Crippen LogP contribution is -2.47. The molecule has 6 nitrogen and oxygen atoms in total. The number of ether oxygens (including phenoxy) is 1. The molecule has 0 saturated heterocycles. The third-order valence-electron chi connectivity index (χ3n) is 2.57. The van der Waals surface area contributed by atoms with Crippen molar-refractivity contribution in [1.29, 1.82) is 5.26 Å². The van der Waals surface area contributed by atoms with E-state index in [2.05, 4.69) is 9.46 Å². The number of sulfonamides is 1. The number of hydrogen-bond donors (Lipinski definition) is 1. The summed E-state index contributed by atoms with van der Waals surface area (Å²) < 4.78 is 30.0. The highest BCUT2D eigenvalue weighted by atomic mass is 32.2. The minimum Gasteiger partial charge on any atom is -0.469 e. The van der Waals surface area contributed by atoms with Gasteiger partial charge in [0.15, 0.2) is 0 Å². The highest BCUT2D eigenvalue weighted by Crippen LogP contribution is 2.15. The summed E-state index contributed by atoms with van der Waals surface area (Å²) in [6.45, 7) is 3.46. The van der Waals surface area contributed by atoms with Crippen LogP contribution in [0.1, 0.15) is 33.1 Å². The Morgan fingerprint density at radius 3 is 2.29 bits per heavy atom. The molecule has 0 aliphatic rings. The predicted molar refractivity (Wildman–Crippen MR) is 62.5 cm³/mol. The number of carbonyl (C=O) groups excluding carboxylic acids is 1. The van der Waals surface area contributed by atoms with Gasteiger partial charge in [0.25, 0.3) is 0 Å². The van der Waals surface area contributed by atoms with Crippen molar-refractivity contribution in [2.75, 3.05) is 12.9 Å². The standard InChI is InChI=1S/C10H18N2O4S/c1-4-10(5-2,8-11)12-17(14,15)7-6-9(13)16-3/h12H,4-7H2,1-3H3. The van der Waals surface area contributed by atoms with Gasteiger partial charge >= 0.3 is 5.97 Å². The SMILES string of the molecule is CCC(C#N)(CC)NS(=O)(=O)CCC(=O)OC. The zero-order valence-electron chi connectivity index (χ0n) is 10.3. The number of carbonyl (C=O) groups is 1. The van der Waals surface area contributed by atoms with Gasteiger partial charge in [-0.1, -0.05) is 13.8 Å². The van der Waals surface area contributed by atoms with Crippen molar-refractivity contribution < 1.29 is 17.9 Å². The fourth-order valence-electron chi connectivity index (χ4n) is 1.24. The molecular formula is C10H18N2O4S. The minimum absolute atomic E-state index is 0.221. The molecule has 0 aliphatic heterocycles. The Bertz CT molecular complexity index is 393. The molecule has 0 aromatic rings.